The second-order valence-electron chi connectivity index (χ2n) is 3.85. The Bertz CT molecular complexity index is 385. The molecule has 0 atom stereocenters. The Hall–Kier alpha value is -0.870. The molecule has 1 aliphatic rings. The first kappa shape index (κ1) is 10.6. The lowest BCUT2D eigenvalue weighted by atomic mass is 9.76. The van der Waals surface area contributed by atoms with E-state index in [1.807, 2.05) is 24.3 Å². The van der Waals surface area contributed by atoms with Gasteiger partial charge in [-0.05, 0) is 17.7 Å². The van der Waals surface area contributed by atoms with Gasteiger partial charge in [0, 0.05) is 4.47 Å². The Morgan fingerprint density at radius 2 is 2.27 bits per heavy atom. The van der Waals surface area contributed by atoms with E-state index in [0.29, 0.717) is 13.2 Å². The van der Waals surface area contributed by atoms with Gasteiger partial charge in [0.2, 0.25) is 0 Å². The van der Waals surface area contributed by atoms with Crippen LogP contribution < -0.4 is 0 Å². The monoisotopic (exact) mass is 270 g/mol. The predicted octanol–water partition coefficient (Wildman–Crippen LogP) is 2.19. The van der Waals surface area contributed by atoms with Gasteiger partial charge < -0.3 is 9.84 Å². The molecule has 1 aromatic carbocycles. The van der Waals surface area contributed by atoms with E-state index in [0.717, 1.165) is 10.0 Å². The summed E-state index contributed by atoms with van der Waals surface area (Å²) in [5, 5.41) is 8.88. The smallest absolute Gasteiger partial charge is 0.304 e. The minimum atomic E-state index is -0.779. The number of aliphatic carboxylic acids is 1. The standard InChI is InChI=1S/C11H11BrO3/c12-9-3-1-2-8(4-9)11(5-10(13)14)6-15-7-11/h1-4H,5-7H2,(H,13,14). The number of carboxylic acids is 1. The largest absolute Gasteiger partial charge is 0.481 e. The van der Waals surface area contributed by atoms with E-state index in [4.69, 9.17) is 9.84 Å². The summed E-state index contributed by atoms with van der Waals surface area (Å²) in [4.78, 5) is 10.8. The lowest BCUT2D eigenvalue weighted by Crippen LogP contribution is -2.48. The van der Waals surface area contributed by atoms with E-state index in [1.54, 1.807) is 0 Å². The van der Waals surface area contributed by atoms with Crippen molar-refractivity contribution in [3.63, 3.8) is 0 Å². The van der Waals surface area contributed by atoms with Crippen LogP contribution in [0.3, 0.4) is 0 Å². The number of halogens is 1. The van der Waals surface area contributed by atoms with Crippen LogP contribution >= 0.6 is 15.9 Å². The minimum Gasteiger partial charge on any atom is -0.481 e. The van der Waals surface area contributed by atoms with Gasteiger partial charge in [-0.1, -0.05) is 28.1 Å². The van der Waals surface area contributed by atoms with Crippen molar-refractivity contribution < 1.29 is 14.6 Å². The summed E-state index contributed by atoms with van der Waals surface area (Å²) >= 11 is 3.39. The Balaban J connectivity index is 2.29. The molecule has 0 amide bonds. The number of carboxylic acid groups (broad SMARTS) is 1. The molecule has 80 valence electrons. The summed E-state index contributed by atoms with van der Waals surface area (Å²) in [5.74, 6) is -0.779. The first-order valence-electron chi connectivity index (χ1n) is 4.68. The summed E-state index contributed by atoms with van der Waals surface area (Å²) in [6, 6.07) is 7.76. The van der Waals surface area contributed by atoms with E-state index in [-0.39, 0.29) is 11.8 Å². The lowest BCUT2D eigenvalue weighted by Gasteiger charge is -2.40. The van der Waals surface area contributed by atoms with E-state index in [2.05, 4.69) is 15.9 Å². The number of hydrogen-bond acceptors (Lipinski definition) is 2. The van der Waals surface area contributed by atoms with E-state index in [1.165, 1.54) is 0 Å². The molecule has 1 aliphatic heterocycles. The van der Waals surface area contributed by atoms with Gasteiger partial charge in [0.25, 0.3) is 0 Å². The van der Waals surface area contributed by atoms with E-state index >= 15 is 0 Å². The van der Waals surface area contributed by atoms with Crippen LogP contribution in [0.4, 0.5) is 0 Å². The van der Waals surface area contributed by atoms with Gasteiger partial charge in [-0.3, -0.25) is 4.79 Å². The van der Waals surface area contributed by atoms with Crippen molar-refractivity contribution in [2.24, 2.45) is 0 Å². The first-order valence-corrected chi connectivity index (χ1v) is 5.47. The van der Waals surface area contributed by atoms with Crippen LogP contribution in [0.15, 0.2) is 28.7 Å². The fraction of sp³-hybridized carbons (Fsp3) is 0.364. The van der Waals surface area contributed by atoms with Crippen molar-refractivity contribution in [2.45, 2.75) is 11.8 Å². The molecule has 1 saturated heterocycles. The molecule has 0 bridgehead atoms. The topological polar surface area (TPSA) is 46.5 Å². The van der Waals surface area contributed by atoms with E-state index < -0.39 is 5.97 Å². The molecular formula is C11H11BrO3. The van der Waals surface area contributed by atoms with Gasteiger partial charge in [-0.25, -0.2) is 0 Å². The Kier molecular flexibility index (Phi) is 2.80. The molecule has 0 aliphatic carbocycles. The highest BCUT2D eigenvalue weighted by Gasteiger charge is 2.42. The maximum Gasteiger partial charge on any atom is 0.304 e. The molecule has 2 rings (SSSR count). The number of carbonyl (C=O) groups is 1. The molecule has 0 saturated carbocycles. The highest BCUT2D eigenvalue weighted by molar-refractivity contribution is 9.10. The van der Waals surface area contributed by atoms with Gasteiger partial charge in [-0.2, -0.15) is 0 Å². The molecule has 1 heterocycles. The molecule has 4 heteroatoms. The fourth-order valence-corrected chi connectivity index (χ4v) is 2.23. The summed E-state index contributed by atoms with van der Waals surface area (Å²) in [5.41, 5.74) is 0.709. The van der Waals surface area contributed by atoms with Crippen LogP contribution in [0.1, 0.15) is 12.0 Å². The second-order valence-corrected chi connectivity index (χ2v) is 4.77. The van der Waals surface area contributed by atoms with E-state index in [9.17, 15) is 4.79 Å². The van der Waals surface area contributed by atoms with Crippen LogP contribution in [0, 0.1) is 0 Å². The summed E-state index contributed by atoms with van der Waals surface area (Å²) in [6.45, 7) is 0.992. The molecule has 0 spiro atoms. The van der Waals surface area contributed by atoms with Crippen molar-refractivity contribution in [2.75, 3.05) is 13.2 Å². The quantitative estimate of drug-likeness (QED) is 0.916. The third-order valence-corrected chi connectivity index (χ3v) is 3.18. The summed E-state index contributed by atoms with van der Waals surface area (Å²) in [6.07, 6.45) is 0.128. The molecule has 0 radical (unpaired) electrons. The number of rotatable bonds is 3. The zero-order valence-electron chi connectivity index (χ0n) is 8.07. The predicted molar refractivity (Wildman–Crippen MR) is 58.9 cm³/mol. The van der Waals surface area contributed by atoms with Crippen LogP contribution in [-0.2, 0) is 14.9 Å². The number of ether oxygens (including phenoxy) is 1. The Morgan fingerprint density at radius 3 is 2.73 bits per heavy atom. The van der Waals surface area contributed by atoms with Gasteiger partial charge in [-0.15, -0.1) is 0 Å². The Morgan fingerprint density at radius 1 is 1.53 bits per heavy atom. The van der Waals surface area contributed by atoms with Crippen LogP contribution in [-0.4, -0.2) is 24.3 Å². The fourth-order valence-electron chi connectivity index (χ4n) is 1.83. The van der Waals surface area contributed by atoms with Gasteiger partial charge >= 0.3 is 5.97 Å². The molecule has 15 heavy (non-hydrogen) atoms. The highest BCUT2D eigenvalue weighted by Crippen LogP contribution is 2.36. The molecular weight excluding hydrogens is 260 g/mol. The molecule has 1 N–H and O–H groups in total. The maximum absolute atomic E-state index is 10.8. The molecule has 1 fully saturated rings. The third kappa shape index (κ3) is 2.06. The molecule has 3 nitrogen and oxygen atoms in total. The second kappa shape index (κ2) is 3.94. The number of hydrogen-bond donors (Lipinski definition) is 1. The minimum absolute atomic E-state index is 0.128. The highest BCUT2D eigenvalue weighted by atomic mass is 79.9. The van der Waals surface area contributed by atoms with Crippen LogP contribution in [0.25, 0.3) is 0 Å². The molecule has 0 aromatic heterocycles. The Labute approximate surface area is 96.2 Å². The summed E-state index contributed by atoms with van der Waals surface area (Å²) < 4.78 is 6.12. The zero-order valence-corrected chi connectivity index (χ0v) is 9.66. The normalized spacial score (nSPS) is 18.2. The van der Waals surface area contributed by atoms with Crippen molar-refractivity contribution in [1.29, 1.82) is 0 Å². The SMILES string of the molecule is O=C(O)CC1(c2cccc(Br)c2)COC1. The molecule has 1 aromatic rings. The van der Waals surface area contributed by atoms with Crippen molar-refractivity contribution >= 4 is 21.9 Å². The van der Waals surface area contributed by atoms with Crippen molar-refractivity contribution in [3.05, 3.63) is 34.3 Å². The van der Waals surface area contributed by atoms with Crippen molar-refractivity contribution in [1.82, 2.24) is 0 Å². The lowest BCUT2D eigenvalue weighted by molar-refractivity contribution is -0.145. The summed E-state index contributed by atoms with van der Waals surface area (Å²) in [7, 11) is 0. The number of benzene rings is 1. The van der Waals surface area contributed by atoms with Gasteiger partial charge in [0.05, 0.1) is 25.0 Å². The van der Waals surface area contributed by atoms with Crippen molar-refractivity contribution in [3.8, 4) is 0 Å². The average molecular weight is 271 g/mol. The average Bonchev–Trinajstić information content (AvgIpc) is 2.11. The van der Waals surface area contributed by atoms with Gasteiger partial charge in [0.15, 0.2) is 0 Å². The molecule has 0 unspecified atom stereocenters. The van der Waals surface area contributed by atoms with Gasteiger partial charge in [0.1, 0.15) is 0 Å². The van der Waals surface area contributed by atoms with Crippen LogP contribution in [0.2, 0.25) is 0 Å². The first-order chi connectivity index (χ1) is 7.12. The third-order valence-electron chi connectivity index (χ3n) is 2.68. The van der Waals surface area contributed by atoms with Crippen LogP contribution in [0.5, 0.6) is 0 Å². The maximum atomic E-state index is 10.8. The zero-order chi connectivity index (χ0) is 10.9.